The molecule has 2 aromatic carbocycles. The van der Waals surface area contributed by atoms with Gasteiger partial charge in [0.2, 0.25) is 11.7 Å². The third kappa shape index (κ3) is 3.18. The highest BCUT2D eigenvalue weighted by Gasteiger charge is 2.38. The van der Waals surface area contributed by atoms with Gasteiger partial charge in [-0.3, -0.25) is 4.79 Å². The number of carbonyl (C=O) groups excluding carboxylic acids is 1. The molecule has 140 valence electrons. The highest BCUT2D eigenvalue weighted by molar-refractivity contribution is 5.95. The maximum Gasteiger partial charge on any atom is 0.449 e. The van der Waals surface area contributed by atoms with Crippen molar-refractivity contribution < 1.29 is 18.0 Å². The van der Waals surface area contributed by atoms with Crippen LogP contribution in [0, 0.1) is 6.92 Å². The Balaban J connectivity index is 1.72. The van der Waals surface area contributed by atoms with Gasteiger partial charge >= 0.3 is 6.18 Å². The van der Waals surface area contributed by atoms with E-state index in [1.165, 1.54) is 6.07 Å². The fourth-order valence-electron chi connectivity index (χ4n) is 3.66. The van der Waals surface area contributed by atoms with Crippen molar-refractivity contribution >= 4 is 22.6 Å². The van der Waals surface area contributed by atoms with Gasteiger partial charge in [0.15, 0.2) is 0 Å². The summed E-state index contributed by atoms with van der Waals surface area (Å²) in [6.07, 6.45) is -2.97. The van der Waals surface area contributed by atoms with Crippen LogP contribution in [-0.2, 0) is 23.9 Å². The first-order valence-corrected chi connectivity index (χ1v) is 8.77. The van der Waals surface area contributed by atoms with Crippen molar-refractivity contribution in [3.63, 3.8) is 0 Å². The minimum absolute atomic E-state index is 0.229. The van der Waals surface area contributed by atoms with Gasteiger partial charge in [-0.15, -0.1) is 0 Å². The number of para-hydroxylation sites is 2. The van der Waals surface area contributed by atoms with E-state index < -0.39 is 18.5 Å². The average Bonchev–Trinajstić information content (AvgIpc) is 3.00. The molecule has 1 amide bonds. The standard InChI is InChI=1S/C20H18F3N3O/c1-13-8-9-16-14(11-13)5-4-10-25(16)18(27)12-26-17-7-3-2-6-15(17)24-19(26)20(21,22)23/h2-3,6-9,11H,4-5,10,12H2,1H3. The average molecular weight is 373 g/mol. The first-order chi connectivity index (χ1) is 12.8. The molecule has 0 unspecified atom stereocenters. The summed E-state index contributed by atoms with van der Waals surface area (Å²) in [6, 6.07) is 12.2. The monoisotopic (exact) mass is 373 g/mol. The van der Waals surface area contributed by atoms with Crippen LogP contribution in [0.15, 0.2) is 42.5 Å². The number of aromatic nitrogens is 2. The molecule has 0 fully saturated rings. The van der Waals surface area contributed by atoms with Gasteiger partial charge in [0.1, 0.15) is 6.54 Å². The Morgan fingerprint density at radius 2 is 1.96 bits per heavy atom. The minimum Gasteiger partial charge on any atom is -0.311 e. The normalized spacial score (nSPS) is 14.4. The summed E-state index contributed by atoms with van der Waals surface area (Å²) in [5.41, 5.74) is 3.48. The Kier molecular flexibility index (Phi) is 4.17. The molecule has 0 saturated heterocycles. The third-order valence-electron chi connectivity index (χ3n) is 4.86. The molecular weight excluding hydrogens is 355 g/mol. The molecular formula is C20H18F3N3O. The second-order valence-electron chi connectivity index (χ2n) is 6.79. The number of benzene rings is 2. The van der Waals surface area contributed by atoms with Crippen LogP contribution in [0.2, 0.25) is 0 Å². The number of imidazole rings is 1. The molecule has 0 aliphatic carbocycles. The van der Waals surface area contributed by atoms with Crippen LogP contribution in [0.4, 0.5) is 18.9 Å². The van der Waals surface area contributed by atoms with Gasteiger partial charge in [-0.2, -0.15) is 13.2 Å². The number of aryl methyl sites for hydroxylation is 2. The molecule has 27 heavy (non-hydrogen) atoms. The predicted octanol–water partition coefficient (Wildman–Crippen LogP) is 4.34. The molecule has 0 atom stereocenters. The number of halogens is 3. The Labute approximate surface area is 154 Å². The Bertz CT molecular complexity index is 1020. The largest absolute Gasteiger partial charge is 0.449 e. The Morgan fingerprint density at radius 3 is 2.74 bits per heavy atom. The molecule has 7 heteroatoms. The van der Waals surface area contributed by atoms with Crippen LogP contribution in [0.5, 0.6) is 0 Å². The van der Waals surface area contributed by atoms with Crippen LogP contribution in [-0.4, -0.2) is 22.0 Å². The lowest BCUT2D eigenvalue weighted by Gasteiger charge is -2.30. The number of carbonyl (C=O) groups is 1. The lowest BCUT2D eigenvalue weighted by molar-refractivity contribution is -0.147. The maximum absolute atomic E-state index is 13.5. The van der Waals surface area contributed by atoms with Crippen molar-refractivity contribution in [1.82, 2.24) is 9.55 Å². The summed E-state index contributed by atoms with van der Waals surface area (Å²) in [6.45, 7) is 2.08. The van der Waals surface area contributed by atoms with Crippen molar-refractivity contribution in [2.45, 2.75) is 32.5 Å². The fraction of sp³-hybridized carbons (Fsp3) is 0.300. The quantitative estimate of drug-likeness (QED) is 0.670. The molecule has 0 N–H and O–H groups in total. The van der Waals surface area contributed by atoms with Gasteiger partial charge < -0.3 is 9.47 Å². The molecule has 0 spiro atoms. The topological polar surface area (TPSA) is 38.1 Å². The minimum atomic E-state index is -4.63. The maximum atomic E-state index is 13.5. The molecule has 0 bridgehead atoms. The zero-order valence-electron chi connectivity index (χ0n) is 14.8. The van der Waals surface area contributed by atoms with E-state index in [1.54, 1.807) is 23.1 Å². The third-order valence-corrected chi connectivity index (χ3v) is 4.86. The van der Waals surface area contributed by atoms with Gasteiger partial charge in [0, 0.05) is 12.2 Å². The molecule has 3 aromatic rings. The number of nitrogens with zero attached hydrogens (tertiary/aromatic N) is 3. The predicted molar refractivity (Wildman–Crippen MR) is 96.6 cm³/mol. The molecule has 4 rings (SSSR count). The summed E-state index contributed by atoms with van der Waals surface area (Å²) < 4.78 is 41.3. The molecule has 2 heterocycles. The van der Waals surface area contributed by atoms with Crippen LogP contribution >= 0.6 is 0 Å². The summed E-state index contributed by atoms with van der Waals surface area (Å²) in [5, 5.41) is 0. The summed E-state index contributed by atoms with van der Waals surface area (Å²) in [5.74, 6) is -1.41. The highest BCUT2D eigenvalue weighted by atomic mass is 19.4. The Morgan fingerprint density at radius 1 is 1.19 bits per heavy atom. The molecule has 1 aromatic heterocycles. The van der Waals surface area contributed by atoms with E-state index in [-0.39, 0.29) is 11.4 Å². The Hall–Kier alpha value is -2.83. The molecule has 0 saturated carbocycles. The zero-order valence-corrected chi connectivity index (χ0v) is 14.8. The van der Waals surface area contributed by atoms with E-state index in [2.05, 4.69) is 4.98 Å². The second-order valence-corrected chi connectivity index (χ2v) is 6.79. The van der Waals surface area contributed by atoms with Gasteiger partial charge in [-0.25, -0.2) is 4.98 Å². The van der Waals surface area contributed by atoms with Gasteiger partial charge in [0.25, 0.3) is 0 Å². The van der Waals surface area contributed by atoms with Gasteiger partial charge in [0.05, 0.1) is 11.0 Å². The summed E-state index contributed by atoms with van der Waals surface area (Å²) >= 11 is 0. The summed E-state index contributed by atoms with van der Waals surface area (Å²) in [7, 11) is 0. The van der Waals surface area contributed by atoms with Gasteiger partial charge in [-0.05, 0) is 43.5 Å². The van der Waals surface area contributed by atoms with Crippen molar-refractivity contribution in [3.05, 3.63) is 59.4 Å². The number of amides is 1. The molecule has 1 aliphatic rings. The first-order valence-electron chi connectivity index (χ1n) is 8.77. The lowest BCUT2D eigenvalue weighted by Crippen LogP contribution is -2.38. The zero-order chi connectivity index (χ0) is 19.2. The van der Waals surface area contributed by atoms with E-state index in [4.69, 9.17) is 0 Å². The van der Waals surface area contributed by atoms with E-state index in [0.717, 1.165) is 34.2 Å². The van der Waals surface area contributed by atoms with E-state index in [0.29, 0.717) is 12.1 Å². The van der Waals surface area contributed by atoms with E-state index in [9.17, 15) is 18.0 Å². The number of alkyl halides is 3. The van der Waals surface area contributed by atoms with E-state index >= 15 is 0 Å². The van der Waals surface area contributed by atoms with Crippen molar-refractivity contribution in [3.8, 4) is 0 Å². The van der Waals surface area contributed by atoms with Crippen molar-refractivity contribution in [2.75, 3.05) is 11.4 Å². The molecule has 0 radical (unpaired) electrons. The first kappa shape index (κ1) is 17.6. The van der Waals surface area contributed by atoms with Crippen molar-refractivity contribution in [1.29, 1.82) is 0 Å². The number of anilines is 1. The molecule has 1 aliphatic heterocycles. The van der Waals surface area contributed by atoms with Crippen LogP contribution in [0.25, 0.3) is 11.0 Å². The SMILES string of the molecule is Cc1ccc2c(c1)CCCN2C(=O)Cn1c(C(F)(F)F)nc2ccccc21. The van der Waals surface area contributed by atoms with Crippen LogP contribution < -0.4 is 4.90 Å². The smallest absolute Gasteiger partial charge is 0.311 e. The fourth-order valence-corrected chi connectivity index (χ4v) is 3.66. The number of hydrogen-bond donors (Lipinski definition) is 0. The number of rotatable bonds is 2. The van der Waals surface area contributed by atoms with E-state index in [1.807, 2.05) is 25.1 Å². The summed E-state index contributed by atoms with van der Waals surface area (Å²) in [4.78, 5) is 18.2. The highest BCUT2D eigenvalue weighted by Crippen LogP contribution is 2.33. The lowest BCUT2D eigenvalue weighted by atomic mass is 9.99. The second kappa shape index (κ2) is 6.40. The number of hydrogen-bond acceptors (Lipinski definition) is 2. The van der Waals surface area contributed by atoms with Gasteiger partial charge in [-0.1, -0.05) is 29.8 Å². The van der Waals surface area contributed by atoms with Crippen LogP contribution in [0.3, 0.4) is 0 Å². The van der Waals surface area contributed by atoms with Crippen molar-refractivity contribution in [2.24, 2.45) is 0 Å². The molecule has 4 nitrogen and oxygen atoms in total. The number of fused-ring (bicyclic) bond motifs is 2. The van der Waals surface area contributed by atoms with Crippen LogP contribution in [0.1, 0.15) is 23.4 Å².